The second-order valence-corrected chi connectivity index (χ2v) is 11.6. The quantitative estimate of drug-likeness (QED) is 0.240. The Morgan fingerprint density at radius 3 is 1.50 bits per heavy atom. The molecule has 0 heterocycles. The Morgan fingerprint density at radius 1 is 0.846 bits per heavy atom. The van der Waals surface area contributed by atoms with Gasteiger partial charge in [-0.25, -0.2) is 0 Å². The molecule has 0 aromatic rings. The van der Waals surface area contributed by atoms with E-state index in [9.17, 15) is 48.7 Å². The van der Waals surface area contributed by atoms with Crippen LogP contribution < -0.4 is 0 Å². The van der Waals surface area contributed by atoms with E-state index in [-0.39, 0.29) is 0 Å². The molecule has 154 valence electrons. The lowest BCUT2D eigenvalue weighted by Crippen LogP contribution is -2.56. The summed E-state index contributed by atoms with van der Waals surface area (Å²) in [5.74, 6) is -19.0. The maximum Gasteiger partial charge on any atom is 0.460 e. The molecule has 2 nitrogen and oxygen atoms in total. The van der Waals surface area contributed by atoms with Crippen LogP contribution in [0.2, 0.25) is 18.1 Å². The number of rotatable bonds is 5. The molecule has 0 aliphatic rings. The fourth-order valence-electron chi connectivity index (χ4n) is 1.14. The van der Waals surface area contributed by atoms with E-state index >= 15 is 0 Å². The molecule has 0 saturated heterocycles. The van der Waals surface area contributed by atoms with E-state index in [1.165, 1.54) is 33.9 Å². The SMILES string of the molecule is CC(C)(C)[Si](C)(C)O/C(=C\C(=O)C(F)(F)C(F)(F)C(F)(F)F)C(F)(F)F. The molecule has 0 N–H and O–H groups in total. The molecular weight excluding hydrogens is 406 g/mol. The van der Waals surface area contributed by atoms with Crippen molar-refractivity contribution < 1.29 is 53.1 Å². The lowest BCUT2D eigenvalue weighted by Gasteiger charge is -2.37. The van der Waals surface area contributed by atoms with E-state index in [4.69, 9.17) is 0 Å². The fourth-order valence-corrected chi connectivity index (χ4v) is 2.17. The minimum atomic E-state index is -6.86. The van der Waals surface area contributed by atoms with Crippen LogP contribution >= 0.6 is 0 Å². The van der Waals surface area contributed by atoms with Crippen LogP contribution in [0.4, 0.5) is 43.9 Å². The summed E-state index contributed by atoms with van der Waals surface area (Å²) < 4.78 is 132. The average molecular weight is 422 g/mol. The zero-order valence-corrected chi connectivity index (χ0v) is 15.2. The van der Waals surface area contributed by atoms with Gasteiger partial charge in [-0.15, -0.1) is 0 Å². The Morgan fingerprint density at radius 2 is 1.23 bits per heavy atom. The first-order valence-electron chi connectivity index (χ1n) is 6.83. The van der Waals surface area contributed by atoms with Crippen molar-refractivity contribution >= 4 is 14.1 Å². The highest BCUT2D eigenvalue weighted by Crippen LogP contribution is 2.48. The van der Waals surface area contributed by atoms with Crippen LogP contribution in [0.25, 0.3) is 0 Å². The molecular formula is C13H16F10O2Si. The molecule has 0 aromatic heterocycles. The van der Waals surface area contributed by atoms with Gasteiger partial charge in [-0.2, -0.15) is 43.9 Å². The van der Waals surface area contributed by atoms with Crippen molar-refractivity contribution in [2.75, 3.05) is 0 Å². The van der Waals surface area contributed by atoms with Crippen LogP contribution in [-0.2, 0) is 9.22 Å². The maximum atomic E-state index is 13.2. The number of carbonyl (C=O) groups is 1. The molecule has 13 heteroatoms. The van der Waals surface area contributed by atoms with E-state index in [0.717, 1.165) is 0 Å². The Bertz CT molecular complexity index is 567. The zero-order chi connectivity index (χ0) is 21.6. The Hall–Kier alpha value is -1.27. The van der Waals surface area contributed by atoms with Gasteiger partial charge in [0, 0.05) is 6.08 Å². The molecule has 0 rings (SSSR count). The number of hydrogen-bond acceptors (Lipinski definition) is 2. The lowest BCUT2D eigenvalue weighted by atomic mass is 10.1. The summed E-state index contributed by atoms with van der Waals surface area (Å²) in [6.07, 6.45) is -13.5. The Balaban J connectivity index is 6.11. The largest absolute Gasteiger partial charge is 0.540 e. The van der Waals surface area contributed by atoms with Crippen LogP contribution in [0.5, 0.6) is 0 Å². The van der Waals surface area contributed by atoms with Crippen molar-refractivity contribution in [3.8, 4) is 0 Å². The highest BCUT2D eigenvalue weighted by Gasteiger charge is 2.75. The molecule has 0 fully saturated rings. The fraction of sp³-hybridized carbons (Fsp3) is 0.769. The minimum absolute atomic E-state index is 0.918. The molecule has 0 radical (unpaired) electrons. The van der Waals surface area contributed by atoms with E-state index in [2.05, 4.69) is 4.43 Å². The highest BCUT2D eigenvalue weighted by atomic mass is 28.4. The molecule has 0 amide bonds. The number of allylic oxidation sites excluding steroid dienone is 2. The summed E-state index contributed by atoms with van der Waals surface area (Å²) >= 11 is 0. The summed E-state index contributed by atoms with van der Waals surface area (Å²) in [6, 6.07) is 0. The van der Waals surface area contributed by atoms with Crippen LogP contribution in [-0.4, -0.2) is 38.3 Å². The van der Waals surface area contributed by atoms with Crippen molar-refractivity contribution in [1.82, 2.24) is 0 Å². The van der Waals surface area contributed by atoms with Crippen molar-refractivity contribution in [1.29, 1.82) is 0 Å². The van der Waals surface area contributed by atoms with Crippen LogP contribution in [0.1, 0.15) is 20.8 Å². The van der Waals surface area contributed by atoms with Gasteiger partial charge >= 0.3 is 24.2 Å². The average Bonchev–Trinajstić information content (AvgIpc) is 2.33. The van der Waals surface area contributed by atoms with Gasteiger partial charge in [-0.1, -0.05) is 20.8 Å². The number of halogens is 10. The van der Waals surface area contributed by atoms with E-state index < -0.39 is 55.2 Å². The highest BCUT2D eigenvalue weighted by molar-refractivity contribution is 6.74. The predicted octanol–water partition coefficient (Wildman–Crippen LogP) is 5.86. The van der Waals surface area contributed by atoms with E-state index in [1.54, 1.807) is 0 Å². The molecule has 0 saturated carbocycles. The van der Waals surface area contributed by atoms with Crippen LogP contribution in [0.15, 0.2) is 11.8 Å². The molecule has 0 bridgehead atoms. The molecule has 0 spiro atoms. The molecule has 0 aliphatic heterocycles. The van der Waals surface area contributed by atoms with Crippen LogP contribution in [0.3, 0.4) is 0 Å². The van der Waals surface area contributed by atoms with Gasteiger partial charge < -0.3 is 4.43 Å². The molecule has 26 heavy (non-hydrogen) atoms. The van der Waals surface area contributed by atoms with Crippen molar-refractivity contribution in [3.63, 3.8) is 0 Å². The first-order chi connectivity index (χ1) is 11.0. The molecule has 0 aliphatic carbocycles. The van der Waals surface area contributed by atoms with Gasteiger partial charge in [0.2, 0.25) is 14.1 Å². The summed E-state index contributed by atoms with van der Waals surface area (Å²) in [4.78, 5) is 11.2. The van der Waals surface area contributed by atoms with Crippen molar-refractivity contribution in [2.45, 2.75) is 63.1 Å². The normalized spacial score (nSPS) is 15.9. The minimum Gasteiger partial charge on any atom is -0.540 e. The first-order valence-corrected chi connectivity index (χ1v) is 9.74. The number of ketones is 1. The van der Waals surface area contributed by atoms with Gasteiger partial charge in [0.25, 0.3) is 0 Å². The Labute approximate surface area is 143 Å². The van der Waals surface area contributed by atoms with Gasteiger partial charge in [-0.05, 0) is 18.1 Å². The second-order valence-electron chi connectivity index (χ2n) is 6.88. The van der Waals surface area contributed by atoms with Gasteiger partial charge in [0.05, 0.1) is 0 Å². The predicted molar refractivity (Wildman–Crippen MR) is 73.4 cm³/mol. The van der Waals surface area contributed by atoms with Gasteiger partial charge in [0.1, 0.15) is 0 Å². The first kappa shape index (κ1) is 24.7. The van der Waals surface area contributed by atoms with Crippen molar-refractivity contribution in [3.05, 3.63) is 11.8 Å². The smallest absolute Gasteiger partial charge is 0.460 e. The third kappa shape index (κ3) is 4.91. The van der Waals surface area contributed by atoms with Crippen molar-refractivity contribution in [2.24, 2.45) is 0 Å². The third-order valence-electron chi connectivity index (χ3n) is 3.77. The second kappa shape index (κ2) is 6.71. The number of alkyl halides is 10. The number of hydrogen-bond donors (Lipinski definition) is 0. The van der Waals surface area contributed by atoms with Gasteiger partial charge in [0.15, 0.2) is 5.76 Å². The Kier molecular flexibility index (Phi) is 6.38. The van der Waals surface area contributed by atoms with E-state index in [1.807, 2.05) is 0 Å². The van der Waals surface area contributed by atoms with E-state index in [0.29, 0.717) is 0 Å². The van der Waals surface area contributed by atoms with Gasteiger partial charge in [-0.3, -0.25) is 4.79 Å². The third-order valence-corrected chi connectivity index (χ3v) is 8.12. The standard InChI is InChI=1S/C13H16F10O2Si/c1-9(2,3)26(4,5)25-8(11(16,17)18)6-7(24)10(14,15)12(19,20)13(21,22)23/h6H,1-5H3/b8-6-. The maximum absolute atomic E-state index is 13.2. The number of carbonyl (C=O) groups excluding carboxylic acids is 1. The molecule has 0 atom stereocenters. The lowest BCUT2D eigenvalue weighted by molar-refractivity contribution is -0.342. The monoisotopic (exact) mass is 422 g/mol. The summed E-state index contributed by atoms with van der Waals surface area (Å²) in [6.45, 7) is 6.78. The molecule has 0 unspecified atom stereocenters. The summed E-state index contributed by atoms with van der Waals surface area (Å²) in [5, 5.41) is -0.918. The topological polar surface area (TPSA) is 26.3 Å². The summed E-state index contributed by atoms with van der Waals surface area (Å²) in [7, 11) is -3.38. The summed E-state index contributed by atoms with van der Waals surface area (Å²) in [5.41, 5.74) is 0. The zero-order valence-electron chi connectivity index (χ0n) is 14.2. The molecule has 0 aromatic carbocycles. The van der Waals surface area contributed by atoms with Crippen LogP contribution in [0, 0.1) is 0 Å².